The van der Waals surface area contributed by atoms with Crippen molar-refractivity contribution in [2.75, 3.05) is 20.8 Å². The Kier molecular flexibility index (Phi) is 18.9. The molecule has 2 aliphatic heterocycles. The topological polar surface area (TPSA) is 192 Å². The van der Waals surface area contributed by atoms with Crippen LogP contribution in [0.3, 0.4) is 0 Å². The molecule has 3 fully saturated rings. The number of nitrogens with one attached hydrogen (secondary N) is 3. The number of alkyl halides is 1. The van der Waals surface area contributed by atoms with Crippen LogP contribution in [0.4, 0.5) is 9.18 Å². The van der Waals surface area contributed by atoms with Crippen molar-refractivity contribution in [3.63, 3.8) is 0 Å². The summed E-state index contributed by atoms with van der Waals surface area (Å²) in [7, 11) is -1.43. The van der Waals surface area contributed by atoms with Crippen molar-refractivity contribution in [3.05, 3.63) is 36.4 Å². The van der Waals surface area contributed by atoms with Crippen LogP contribution in [0.15, 0.2) is 36.4 Å². The molecule has 1 unspecified atom stereocenters. The van der Waals surface area contributed by atoms with Crippen molar-refractivity contribution >= 4 is 44.6 Å². The predicted molar refractivity (Wildman–Crippen MR) is 253 cm³/mol. The van der Waals surface area contributed by atoms with Crippen LogP contribution in [-0.2, 0) is 29.1 Å². The molecule has 1 saturated heterocycles. The van der Waals surface area contributed by atoms with Gasteiger partial charge in [-0.3, -0.25) is 19.1 Å². The molecular weight excluding hydrogens is 846 g/mol. The smallest absolute Gasteiger partial charge is 0.408 e. The Morgan fingerprint density at radius 1 is 1.02 bits per heavy atom. The molecule has 64 heavy (non-hydrogen) atoms. The van der Waals surface area contributed by atoms with Crippen LogP contribution in [-0.4, -0.2) is 103 Å². The van der Waals surface area contributed by atoms with E-state index in [0.29, 0.717) is 35.8 Å². The Morgan fingerprint density at radius 2 is 1.67 bits per heavy atom. The molecule has 2 saturated carbocycles. The summed E-state index contributed by atoms with van der Waals surface area (Å²) in [4.78, 5) is 62.6. The van der Waals surface area contributed by atoms with E-state index < -0.39 is 85.9 Å². The number of amides is 4. The second kappa shape index (κ2) is 22.5. The first-order valence-corrected chi connectivity index (χ1v) is 24.4. The molecule has 6 rings (SSSR count). The molecule has 2 aromatic rings. The summed E-state index contributed by atoms with van der Waals surface area (Å²) in [5.41, 5.74) is -2.54. The number of methoxy groups -OCH3 is 2. The van der Waals surface area contributed by atoms with Gasteiger partial charge < -0.3 is 34.5 Å². The number of benzene rings is 1. The third-order valence-corrected chi connectivity index (χ3v) is 14.0. The van der Waals surface area contributed by atoms with E-state index in [1.54, 1.807) is 58.2 Å². The number of nitrogens with zero attached hydrogens (tertiary/aromatic N) is 2. The highest BCUT2D eigenvalue weighted by Crippen LogP contribution is 2.49. The molecule has 2 aliphatic carbocycles. The number of carbonyl (C=O) groups excluding carboxylic acids is 4. The van der Waals surface area contributed by atoms with E-state index in [4.69, 9.17) is 18.9 Å². The van der Waals surface area contributed by atoms with Crippen molar-refractivity contribution in [1.29, 1.82) is 0 Å². The van der Waals surface area contributed by atoms with Crippen LogP contribution in [0.1, 0.15) is 132 Å². The van der Waals surface area contributed by atoms with E-state index in [1.807, 2.05) is 61.5 Å². The SMILES string of the molecule is CC.CC.CC.COc1ccc2c(O[C@@H]3C[C@H]4C(=O)N[C@]5(C(=O)NS(=O)(=O)C6(C(C)F)CC6)C[C@H]5/C=C\CC[C@@H](C)C[C@@H](C)[C@H](NC(=O)OC(C)(C)C)C(=O)N4C3)nc(OC)cc2c1.[HH].[HH].[HH]. The second-order valence-electron chi connectivity index (χ2n) is 17.4. The Hall–Kier alpha value is -4.67. The van der Waals surface area contributed by atoms with Gasteiger partial charge >= 0.3 is 6.09 Å². The maximum atomic E-state index is 14.8. The van der Waals surface area contributed by atoms with E-state index in [9.17, 15) is 32.0 Å². The quantitative estimate of drug-likeness (QED) is 0.204. The molecule has 4 aliphatic rings. The first-order valence-electron chi connectivity index (χ1n) is 22.9. The molecule has 0 spiro atoms. The summed E-state index contributed by atoms with van der Waals surface area (Å²) in [5.74, 6) is -2.06. The average molecular weight is 926 g/mol. The summed E-state index contributed by atoms with van der Waals surface area (Å²) in [5, 5.41) is 6.95. The highest BCUT2D eigenvalue weighted by molar-refractivity contribution is 7.91. The van der Waals surface area contributed by atoms with Gasteiger partial charge in [0.25, 0.3) is 5.91 Å². The highest BCUT2D eigenvalue weighted by atomic mass is 32.2. The standard InChI is InChI=1S/C41H56FN5O10S.3C2H6.3H2/c1-23-11-9-10-12-27-21-41(27,37(50)46-58(52,53)40(15-16-40)25(3)42)45-34(48)31-20-29(56-35-30-14-13-28(54-7)18-26(30)19-32(43-35)55-8)22-47(31)36(49)33(24(2)17-23)44-38(51)57-39(4,5)6;3*1-2;;;/h10,12-14,18-19,23-25,27,29,31,33H,9,11,15-17,20-22H2,1-8H3,(H,44,51)(H,45,48)(H,46,50);3*1-2H3;3*1H/b12-10-;;;;;;/t23-,24-,25?,27-,29-,31+,33+,41-;;;;;;/m1....../s1. The van der Waals surface area contributed by atoms with Gasteiger partial charge in [0.1, 0.15) is 46.0 Å². The van der Waals surface area contributed by atoms with E-state index in [-0.39, 0.29) is 54.2 Å². The van der Waals surface area contributed by atoms with Crippen molar-refractivity contribution in [2.45, 2.75) is 168 Å². The molecule has 366 valence electrons. The molecule has 1 aromatic heterocycles. The first kappa shape index (κ1) is 53.7. The van der Waals surface area contributed by atoms with Crippen molar-refractivity contribution in [3.8, 4) is 17.5 Å². The maximum Gasteiger partial charge on any atom is 0.408 e. The van der Waals surface area contributed by atoms with Gasteiger partial charge in [-0.15, -0.1) is 0 Å². The number of allylic oxidation sites excluding steroid dienone is 1. The normalized spacial score (nSPS) is 27.1. The number of halogens is 1. The van der Waals surface area contributed by atoms with Gasteiger partial charge in [0.15, 0.2) is 0 Å². The molecule has 3 N–H and O–H groups in total. The number of pyridine rings is 1. The minimum Gasteiger partial charge on any atom is -0.497 e. The Labute approximate surface area is 384 Å². The van der Waals surface area contributed by atoms with Crippen LogP contribution < -0.4 is 29.6 Å². The summed E-state index contributed by atoms with van der Waals surface area (Å²) < 4.78 is 64.7. The van der Waals surface area contributed by atoms with Crippen LogP contribution >= 0.6 is 0 Å². The lowest BCUT2D eigenvalue weighted by molar-refractivity contribution is -0.142. The fourth-order valence-corrected chi connectivity index (χ4v) is 9.92. The van der Waals surface area contributed by atoms with Crippen molar-refractivity contribution < 1.29 is 55.2 Å². The summed E-state index contributed by atoms with van der Waals surface area (Å²) >= 11 is 0. The van der Waals surface area contributed by atoms with Gasteiger partial charge in [-0.05, 0) is 102 Å². The lowest BCUT2D eigenvalue weighted by Gasteiger charge is -2.33. The third-order valence-electron chi connectivity index (χ3n) is 11.8. The lowest BCUT2D eigenvalue weighted by Crippen LogP contribution is -2.59. The first-order chi connectivity index (χ1) is 30.2. The molecule has 4 amide bonds. The maximum absolute atomic E-state index is 14.8. The molecule has 15 nitrogen and oxygen atoms in total. The van der Waals surface area contributed by atoms with Crippen LogP contribution in [0.25, 0.3) is 10.8 Å². The van der Waals surface area contributed by atoms with Crippen LogP contribution in [0.5, 0.6) is 17.5 Å². The van der Waals surface area contributed by atoms with E-state index >= 15 is 0 Å². The lowest BCUT2D eigenvalue weighted by atomic mass is 9.88. The predicted octanol–water partition coefficient (Wildman–Crippen LogP) is 8.53. The van der Waals surface area contributed by atoms with Gasteiger partial charge in [0, 0.05) is 28.1 Å². The number of hydrogen-bond donors (Lipinski definition) is 3. The summed E-state index contributed by atoms with van der Waals surface area (Å²) in [6.45, 7) is 22.1. The average Bonchev–Trinajstić information content (AvgIpc) is 4.17. The van der Waals surface area contributed by atoms with Crippen LogP contribution in [0.2, 0.25) is 0 Å². The number of alkyl carbamates (subject to hydrolysis) is 1. The fourth-order valence-electron chi connectivity index (χ4n) is 8.23. The second-order valence-corrected chi connectivity index (χ2v) is 19.4. The van der Waals surface area contributed by atoms with Gasteiger partial charge in [-0.2, -0.15) is 4.98 Å². The monoisotopic (exact) mass is 926 g/mol. The number of carbonyl (C=O) groups is 4. The number of hydrogen-bond acceptors (Lipinski definition) is 11. The van der Waals surface area contributed by atoms with E-state index in [1.165, 1.54) is 12.0 Å². The molecule has 3 heterocycles. The van der Waals surface area contributed by atoms with E-state index in [2.05, 4.69) is 20.3 Å². The van der Waals surface area contributed by atoms with Crippen molar-refractivity contribution in [1.82, 2.24) is 25.2 Å². The van der Waals surface area contributed by atoms with Gasteiger partial charge in [-0.1, -0.05) is 67.5 Å². The Bertz CT molecular complexity index is 2080. The van der Waals surface area contributed by atoms with Crippen molar-refractivity contribution in [2.24, 2.45) is 17.8 Å². The summed E-state index contributed by atoms with van der Waals surface area (Å²) in [6.07, 6.45) is 2.45. The largest absolute Gasteiger partial charge is 0.497 e. The number of fused-ring (bicyclic) bond motifs is 3. The number of rotatable bonds is 9. The third kappa shape index (κ3) is 12.4. The number of aromatic nitrogens is 1. The zero-order valence-corrected chi connectivity index (χ0v) is 41.2. The minimum atomic E-state index is -4.45. The van der Waals surface area contributed by atoms with Gasteiger partial charge in [-0.25, -0.2) is 17.6 Å². The molecule has 0 radical (unpaired) electrons. The van der Waals surface area contributed by atoms with E-state index in [0.717, 1.165) is 6.92 Å². The Morgan fingerprint density at radius 3 is 2.25 bits per heavy atom. The summed E-state index contributed by atoms with van der Waals surface area (Å²) in [6, 6.07) is 4.71. The zero-order valence-electron chi connectivity index (χ0n) is 40.4. The molecule has 17 heteroatoms. The Balaban J connectivity index is 0.00000465. The number of sulfonamides is 1. The molecular formula is C47H80FN5O10S. The molecule has 0 bridgehead atoms. The fraction of sp³-hybridized carbons (Fsp3) is 0.681. The zero-order chi connectivity index (χ0) is 48.4. The number of ether oxygens (including phenoxy) is 4. The molecule has 1 aromatic carbocycles. The van der Waals surface area contributed by atoms with Gasteiger partial charge in [0.05, 0.1) is 20.8 Å². The minimum absolute atomic E-state index is 0. The van der Waals surface area contributed by atoms with Crippen LogP contribution in [0, 0.1) is 17.8 Å². The highest BCUT2D eigenvalue weighted by Gasteiger charge is 2.65. The van der Waals surface area contributed by atoms with Gasteiger partial charge in [0.2, 0.25) is 33.6 Å². The molecule has 8 atom stereocenters.